The number of carbonyl (C=O) groups is 2. The van der Waals surface area contributed by atoms with E-state index in [0.29, 0.717) is 35.4 Å². The van der Waals surface area contributed by atoms with Gasteiger partial charge in [-0.05, 0) is 32.1 Å². The summed E-state index contributed by atoms with van der Waals surface area (Å²) in [6.07, 6.45) is 4.40. The molecule has 1 aromatic heterocycles. The van der Waals surface area contributed by atoms with Gasteiger partial charge in [0, 0.05) is 23.7 Å². The molecule has 0 aliphatic rings. The van der Waals surface area contributed by atoms with Crippen LogP contribution in [0.5, 0.6) is 11.5 Å². The van der Waals surface area contributed by atoms with Crippen LogP contribution in [0.1, 0.15) is 18.9 Å². The minimum atomic E-state index is -0.622. The van der Waals surface area contributed by atoms with E-state index in [1.807, 2.05) is 13.8 Å². The highest BCUT2D eigenvalue weighted by Gasteiger charge is 2.11. The molecule has 1 N–H and O–H groups in total. The zero-order valence-electron chi connectivity index (χ0n) is 14.6. The molecule has 7 nitrogen and oxygen atoms in total. The molecule has 0 aliphatic heterocycles. The lowest BCUT2D eigenvalue weighted by Crippen LogP contribution is -2.20. The van der Waals surface area contributed by atoms with Gasteiger partial charge in [-0.2, -0.15) is 0 Å². The molecule has 0 saturated carbocycles. The maximum Gasteiger partial charge on any atom is 0.331 e. The number of amides is 1. The van der Waals surface area contributed by atoms with Gasteiger partial charge >= 0.3 is 5.97 Å². The third kappa shape index (κ3) is 6.21. The summed E-state index contributed by atoms with van der Waals surface area (Å²) in [6, 6.07) is 5.14. The Labute approximate surface area is 155 Å². The number of anilines is 1. The number of nitrogens with one attached hydrogen (secondary N) is 1. The van der Waals surface area contributed by atoms with Crippen LogP contribution in [0.3, 0.4) is 0 Å². The van der Waals surface area contributed by atoms with E-state index in [2.05, 4.69) is 10.3 Å². The molecule has 0 saturated heterocycles. The second-order valence-electron chi connectivity index (χ2n) is 4.88. The number of rotatable bonds is 9. The summed E-state index contributed by atoms with van der Waals surface area (Å²) in [5, 5.41) is 5.14. The van der Waals surface area contributed by atoms with Gasteiger partial charge in [-0.25, -0.2) is 9.78 Å². The molecule has 1 heterocycles. The van der Waals surface area contributed by atoms with E-state index in [-0.39, 0.29) is 0 Å². The van der Waals surface area contributed by atoms with Gasteiger partial charge < -0.3 is 19.5 Å². The molecule has 0 bridgehead atoms. The molecule has 0 fully saturated rings. The zero-order valence-corrected chi connectivity index (χ0v) is 15.4. The normalized spacial score (nSPS) is 10.5. The molecule has 0 radical (unpaired) electrons. The maximum absolute atomic E-state index is 12.1. The number of hydrogen-bond acceptors (Lipinski definition) is 7. The number of benzene rings is 1. The molecule has 1 aromatic carbocycles. The third-order valence-corrected chi connectivity index (χ3v) is 3.74. The number of hydrogen-bond donors (Lipinski definition) is 1. The maximum atomic E-state index is 12.1. The summed E-state index contributed by atoms with van der Waals surface area (Å²) in [5.41, 5.74) is 0.456. The van der Waals surface area contributed by atoms with Crippen LogP contribution in [0.25, 0.3) is 6.08 Å². The quantitative estimate of drug-likeness (QED) is 0.534. The molecule has 1 amide bonds. The molecule has 2 aromatic rings. The van der Waals surface area contributed by atoms with E-state index >= 15 is 0 Å². The molecular weight excluding hydrogens is 356 g/mol. The highest BCUT2D eigenvalue weighted by atomic mass is 32.1. The van der Waals surface area contributed by atoms with Crippen molar-refractivity contribution in [2.45, 2.75) is 13.8 Å². The van der Waals surface area contributed by atoms with Crippen molar-refractivity contribution >= 4 is 35.0 Å². The average Bonchev–Trinajstić information content (AvgIpc) is 3.14. The van der Waals surface area contributed by atoms with Crippen LogP contribution >= 0.6 is 11.3 Å². The number of thiazole rings is 1. The number of esters is 1. The first-order valence-corrected chi connectivity index (χ1v) is 8.94. The van der Waals surface area contributed by atoms with Gasteiger partial charge in [0.1, 0.15) is 16.5 Å². The summed E-state index contributed by atoms with van der Waals surface area (Å²) in [5.74, 6) is 0.0213. The monoisotopic (exact) mass is 376 g/mol. The van der Waals surface area contributed by atoms with Crippen molar-refractivity contribution in [1.29, 1.82) is 0 Å². The molecule has 0 aliphatic carbocycles. The molecule has 8 heteroatoms. The van der Waals surface area contributed by atoms with Crippen molar-refractivity contribution in [3.05, 3.63) is 40.9 Å². The summed E-state index contributed by atoms with van der Waals surface area (Å²) >= 11 is 1.39. The lowest BCUT2D eigenvalue weighted by atomic mass is 10.2. The van der Waals surface area contributed by atoms with Gasteiger partial charge in [0.2, 0.25) is 0 Å². The molecule has 0 spiro atoms. The minimum absolute atomic E-state index is 0.411. The predicted octanol–water partition coefficient (Wildman–Crippen LogP) is 3.14. The van der Waals surface area contributed by atoms with Crippen LogP contribution in [-0.2, 0) is 14.3 Å². The Kier molecular flexibility index (Phi) is 7.63. The van der Waals surface area contributed by atoms with Crippen molar-refractivity contribution in [3.63, 3.8) is 0 Å². The molecule has 0 atom stereocenters. The first kappa shape index (κ1) is 19.5. The molecule has 138 valence electrons. The van der Waals surface area contributed by atoms with Crippen molar-refractivity contribution in [2.24, 2.45) is 0 Å². The number of aromatic nitrogens is 1. The Bertz CT molecular complexity index is 759. The molecule has 2 rings (SSSR count). The van der Waals surface area contributed by atoms with E-state index < -0.39 is 18.5 Å². The van der Waals surface area contributed by atoms with Gasteiger partial charge in [-0.1, -0.05) is 0 Å². The number of ether oxygens (including phenoxy) is 3. The van der Waals surface area contributed by atoms with E-state index in [1.165, 1.54) is 23.5 Å². The number of carbonyl (C=O) groups excluding carboxylic acids is 2. The molecule has 26 heavy (non-hydrogen) atoms. The second-order valence-corrected chi connectivity index (χ2v) is 5.81. The van der Waals surface area contributed by atoms with Crippen molar-refractivity contribution in [1.82, 2.24) is 4.98 Å². The van der Waals surface area contributed by atoms with E-state index in [4.69, 9.17) is 14.2 Å². The average molecular weight is 376 g/mol. The summed E-state index contributed by atoms with van der Waals surface area (Å²) in [4.78, 5) is 27.7. The van der Waals surface area contributed by atoms with E-state index in [1.54, 1.807) is 29.8 Å². The summed E-state index contributed by atoms with van der Waals surface area (Å²) in [6.45, 7) is 4.26. The molecule has 0 unspecified atom stereocenters. The highest BCUT2D eigenvalue weighted by Crippen LogP contribution is 2.29. The van der Waals surface area contributed by atoms with Gasteiger partial charge in [0.25, 0.3) is 5.91 Å². The zero-order chi connectivity index (χ0) is 18.8. The van der Waals surface area contributed by atoms with E-state index in [9.17, 15) is 9.59 Å². The predicted molar refractivity (Wildman–Crippen MR) is 99.5 cm³/mol. The number of nitrogens with zero attached hydrogens (tertiary/aromatic N) is 1. The third-order valence-electron chi connectivity index (χ3n) is 2.99. The van der Waals surface area contributed by atoms with Crippen LogP contribution in [0.2, 0.25) is 0 Å². The van der Waals surface area contributed by atoms with Crippen molar-refractivity contribution in [3.8, 4) is 11.5 Å². The first-order chi connectivity index (χ1) is 12.6. The Morgan fingerprint density at radius 1 is 1.23 bits per heavy atom. The van der Waals surface area contributed by atoms with Crippen LogP contribution in [0, 0.1) is 0 Å². The van der Waals surface area contributed by atoms with Gasteiger partial charge in [0.15, 0.2) is 6.61 Å². The second kappa shape index (κ2) is 10.2. The van der Waals surface area contributed by atoms with Crippen molar-refractivity contribution < 1.29 is 23.8 Å². The van der Waals surface area contributed by atoms with Gasteiger partial charge in [-0.3, -0.25) is 4.79 Å². The summed E-state index contributed by atoms with van der Waals surface area (Å²) in [7, 11) is 0. The Hall–Kier alpha value is -2.87. The Morgan fingerprint density at radius 3 is 2.73 bits per heavy atom. The lowest BCUT2D eigenvalue weighted by Gasteiger charge is -2.13. The van der Waals surface area contributed by atoms with Crippen LogP contribution < -0.4 is 14.8 Å². The smallest absolute Gasteiger partial charge is 0.331 e. The van der Waals surface area contributed by atoms with Gasteiger partial charge in [0.05, 0.1) is 18.9 Å². The largest absolute Gasteiger partial charge is 0.494 e. The summed E-state index contributed by atoms with van der Waals surface area (Å²) < 4.78 is 15.8. The highest BCUT2D eigenvalue weighted by molar-refractivity contribution is 7.10. The first-order valence-electron chi connectivity index (χ1n) is 8.06. The fourth-order valence-corrected chi connectivity index (χ4v) is 2.50. The van der Waals surface area contributed by atoms with Crippen molar-refractivity contribution in [2.75, 3.05) is 25.1 Å². The minimum Gasteiger partial charge on any atom is -0.494 e. The van der Waals surface area contributed by atoms with Crippen LogP contribution in [-0.4, -0.2) is 36.7 Å². The van der Waals surface area contributed by atoms with Crippen LogP contribution in [0.4, 0.5) is 5.69 Å². The standard InChI is InChI=1S/C18H20N2O5S/c1-3-23-13-5-6-15(24-4-2)14(11-13)20-16(21)12-25-18(22)8-7-17-19-9-10-26-17/h5-11H,3-4,12H2,1-2H3,(H,20,21). The fourth-order valence-electron chi connectivity index (χ4n) is 1.97. The SMILES string of the molecule is CCOc1ccc(OCC)c(NC(=O)COC(=O)C=Cc2nccs2)c1. The topological polar surface area (TPSA) is 86.8 Å². The fraction of sp³-hybridized carbons (Fsp3) is 0.278. The van der Waals surface area contributed by atoms with E-state index in [0.717, 1.165) is 0 Å². The Morgan fingerprint density at radius 2 is 2.04 bits per heavy atom. The molecular formula is C18H20N2O5S. The van der Waals surface area contributed by atoms with Gasteiger partial charge in [-0.15, -0.1) is 11.3 Å². The lowest BCUT2D eigenvalue weighted by molar-refractivity contribution is -0.142. The Balaban J connectivity index is 1.91. The van der Waals surface area contributed by atoms with Crippen LogP contribution in [0.15, 0.2) is 35.9 Å².